The van der Waals surface area contributed by atoms with Crippen LogP contribution in [0.2, 0.25) is 0 Å². The van der Waals surface area contributed by atoms with E-state index in [1.807, 2.05) is 30.3 Å². The maximum absolute atomic E-state index is 11.0. The lowest BCUT2D eigenvalue weighted by Gasteiger charge is -2.14. The Kier molecular flexibility index (Phi) is 4.61. The molecule has 0 saturated carbocycles. The lowest BCUT2D eigenvalue weighted by Crippen LogP contribution is -2.07. The Bertz CT molecular complexity index is 582. The number of halogens is 1. The molecule has 1 atom stereocenters. The van der Waals surface area contributed by atoms with Crippen molar-refractivity contribution in [1.29, 1.82) is 0 Å². The highest BCUT2D eigenvalue weighted by Gasteiger charge is 2.08. The monoisotopic (exact) mass is 338 g/mol. The molecule has 1 amide bonds. The number of hydrogen-bond donors (Lipinski definition) is 2. The molecule has 0 saturated heterocycles. The average Bonchev–Trinajstić information content (AvgIpc) is 2.75. The van der Waals surface area contributed by atoms with Crippen LogP contribution in [0, 0.1) is 0 Å². The van der Waals surface area contributed by atoms with Gasteiger partial charge in [0.1, 0.15) is 0 Å². The van der Waals surface area contributed by atoms with E-state index in [1.165, 1.54) is 11.8 Å². The molecule has 0 aliphatic rings. The number of carbonyl (C=O) groups is 1. The summed E-state index contributed by atoms with van der Waals surface area (Å²) >= 11 is 5.18. The zero-order chi connectivity index (χ0) is 13.8. The van der Waals surface area contributed by atoms with Crippen LogP contribution in [-0.2, 0) is 4.79 Å². The number of carbonyl (C=O) groups excluding carboxylic acids is 1. The number of benzene rings is 1. The van der Waals surface area contributed by atoms with Gasteiger partial charge in [0.25, 0.3) is 0 Å². The third kappa shape index (κ3) is 4.08. The molecule has 2 rings (SSSR count). The van der Waals surface area contributed by atoms with Crippen LogP contribution in [-0.4, -0.2) is 5.91 Å². The first kappa shape index (κ1) is 14.1. The predicted molar refractivity (Wildman–Crippen MR) is 84.8 cm³/mol. The van der Waals surface area contributed by atoms with Crippen molar-refractivity contribution in [1.82, 2.24) is 0 Å². The summed E-state index contributed by atoms with van der Waals surface area (Å²) in [5, 5.41) is 6.20. The molecule has 1 heterocycles. The van der Waals surface area contributed by atoms with E-state index in [9.17, 15) is 4.79 Å². The first-order valence-electron chi connectivity index (χ1n) is 5.94. The molecule has 19 heavy (non-hydrogen) atoms. The summed E-state index contributed by atoms with van der Waals surface area (Å²) in [6.07, 6.45) is 0. The normalized spacial score (nSPS) is 11.9. The van der Waals surface area contributed by atoms with Crippen LogP contribution in [0.15, 0.2) is 40.2 Å². The van der Waals surface area contributed by atoms with Crippen molar-refractivity contribution in [2.75, 3.05) is 10.6 Å². The number of anilines is 2. The molecule has 0 bridgehead atoms. The van der Waals surface area contributed by atoms with Gasteiger partial charge >= 0.3 is 0 Å². The zero-order valence-electron chi connectivity index (χ0n) is 10.7. The number of hydrogen-bond acceptors (Lipinski definition) is 3. The lowest BCUT2D eigenvalue weighted by atomic mass is 10.2. The molecule has 1 aromatic carbocycles. The average molecular weight is 339 g/mol. The molecule has 3 nitrogen and oxygen atoms in total. The van der Waals surface area contributed by atoms with Crippen molar-refractivity contribution < 1.29 is 4.79 Å². The van der Waals surface area contributed by atoms with E-state index in [-0.39, 0.29) is 11.9 Å². The minimum Gasteiger partial charge on any atom is -0.378 e. The molecular weight excluding hydrogens is 324 g/mol. The second kappa shape index (κ2) is 6.21. The van der Waals surface area contributed by atoms with Crippen molar-refractivity contribution >= 4 is 44.5 Å². The topological polar surface area (TPSA) is 41.1 Å². The van der Waals surface area contributed by atoms with Crippen molar-refractivity contribution in [3.63, 3.8) is 0 Å². The minimum absolute atomic E-state index is 0.0626. The summed E-state index contributed by atoms with van der Waals surface area (Å²) in [7, 11) is 0. The van der Waals surface area contributed by atoms with E-state index in [1.54, 1.807) is 11.3 Å². The van der Waals surface area contributed by atoms with Gasteiger partial charge in [0, 0.05) is 23.2 Å². The standard InChI is InChI=1S/C14H15BrN2OS/c1-9(13-6-7-14(15)19-13)16-11-4-3-5-12(8-11)17-10(2)18/h3-9,16H,1-2H3,(H,17,18). The summed E-state index contributed by atoms with van der Waals surface area (Å²) in [4.78, 5) is 12.3. The summed E-state index contributed by atoms with van der Waals surface area (Å²) in [5.41, 5.74) is 1.79. The fraction of sp³-hybridized carbons (Fsp3) is 0.214. The van der Waals surface area contributed by atoms with Gasteiger partial charge in [0.05, 0.1) is 9.83 Å². The van der Waals surface area contributed by atoms with E-state index in [2.05, 4.69) is 39.6 Å². The van der Waals surface area contributed by atoms with Gasteiger partial charge in [0.15, 0.2) is 0 Å². The van der Waals surface area contributed by atoms with Gasteiger partial charge in [-0.15, -0.1) is 11.3 Å². The molecular formula is C14H15BrN2OS. The van der Waals surface area contributed by atoms with Crippen LogP contribution in [0.1, 0.15) is 24.8 Å². The van der Waals surface area contributed by atoms with Crippen molar-refractivity contribution in [2.24, 2.45) is 0 Å². The molecule has 0 spiro atoms. The molecule has 1 aromatic heterocycles. The van der Waals surface area contributed by atoms with Crippen molar-refractivity contribution in [3.05, 3.63) is 45.1 Å². The number of thiophene rings is 1. The van der Waals surface area contributed by atoms with Crippen molar-refractivity contribution in [3.8, 4) is 0 Å². The fourth-order valence-corrected chi connectivity index (χ4v) is 3.20. The zero-order valence-corrected chi connectivity index (χ0v) is 13.1. The minimum atomic E-state index is -0.0626. The highest BCUT2D eigenvalue weighted by atomic mass is 79.9. The van der Waals surface area contributed by atoms with Gasteiger partial charge < -0.3 is 10.6 Å². The molecule has 2 N–H and O–H groups in total. The SMILES string of the molecule is CC(=O)Nc1cccc(NC(C)c2ccc(Br)s2)c1. The largest absolute Gasteiger partial charge is 0.378 e. The third-order valence-electron chi connectivity index (χ3n) is 2.59. The Morgan fingerprint density at radius 2 is 2.00 bits per heavy atom. The Morgan fingerprint density at radius 1 is 1.26 bits per heavy atom. The van der Waals surface area contributed by atoms with Gasteiger partial charge in [-0.3, -0.25) is 4.79 Å². The smallest absolute Gasteiger partial charge is 0.221 e. The summed E-state index contributed by atoms with van der Waals surface area (Å²) in [6.45, 7) is 3.62. The molecule has 0 fully saturated rings. The highest BCUT2D eigenvalue weighted by molar-refractivity contribution is 9.11. The van der Waals surface area contributed by atoms with Gasteiger partial charge in [-0.1, -0.05) is 6.07 Å². The second-order valence-corrected chi connectivity index (χ2v) is 6.76. The summed E-state index contributed by atoms with van der Waals surface area (Å²) in [6, 6.07) is 12.1. The molecule has 0 aliphatic carbocycles. The quantitative estimate of drug-likeness (QED) is 0.852. The first-order chi connectivity index (χ1) is 9.04. The van der Waals surface area contributed by atoms with E-state index < -0.39 is 0 Å². The molecule has 1 unspecified atom stereocenters. The van der Waals surface area contributed by atoms with E-state index in [0.29, 0.717) is 0 Å². The predicted octanol–water partition coefficient (Wildman–Crippen LogP) is 4.64. The van der Waals surface area contributed by atoms with E-state index in [0.717, 1.165) is 15.2 Å². The van der Waals surface area contributed by atoms with Gasteiger partial charge in [0.2, 0.25) is 5.91 Å². The Morgan fingerprint density at radius 3 is 2.63 bits per heavy atom. The Hall–Kier alpha value is -1.33. The molecule has 5 heteroatoms. The van der Waals surface area contributed by atoms with Crippen LogP contribution in [0.5, 0.6) is 0 Å². The Balaban J connectivity index is 2.08. The summed E-state index contributed by atoms with van der Waals surface area (Å²) < 4.78 is 1.13. The van der Waals surface area contributed by atoms with Crippen LogP contribution in [0.25, 0.3) is 0 Å². The van der Waals surface area contributed by atoms with Crippen LogP contribution >= 0.6 is 27.3 Å². The first-order valence-corrected chi connectivity index (χ1v) is 7.55. The molecule has 2 aromatic rings. The van der Waals surface area contributed by atoms with Gasteiger partial charge in [-0.05, 0) is 53.2 Å². The second-order valence-electron chi connectivity index (χ2n) is 4.27. The van der Waals surface area contributed by atoms with Gasteiger partial charge in [-0.2, -0.15) is 0 Å². The summed E-state index contributed by atoms with van der Waals surface area (Å²) in [5.74, 6) is -0.0626. The maximum atomic E-state index is 11.0. The number of rotatable bonds is 4. The number of nitrogens with one attached hydrogen (secondary N) is 2. The number of amides is 1. The third-order valence-corrected chi connectivity index (χ3v) is 4.39. The Labute approximate surface area is 125 Å². The maximum Gasteiger partial charge on any atom is 0.221 e. The molecule has 0 radical (unpaired) electrons. The van der Waals surface area contributed by atoms with E-state index in [4.69, 9.17) is 0 Å². The van der Waals surface area contributed by atoms with Crippen LogP contribution in [0.4, 0.5) is 11.4 Å². The molecule has 0 aliphatic heterocycles. The van der Waals surface area contributed by atoms with Crippen molar-refractivity contribution in [2.45, 2.75) is 19.9 Å². The molecule has 100 valence electrons. The van der Waals surface area contributed by atoms with Crippen LogP contribution < -0.4 is 10.6 Å². The van der Waals surface area contributed by atoms with E-state index >= 15 is 0 Å². The highest BCUT2D eigenvalue weighted by Crippen LogP contribution is 2.29. The lowest BCUT2D eigenvalue weighted by molar-refractivity contribution is -0.114. The van der Waals surface area contributed by atoms with Crippen LogP contribution in [0.3, 0.4) is 0 Å². The van der Waals surface area contributed by atoms with Gasteiger partial charge in [-0.25, -0.2) is 0 Å². The fourth-order valence-electron chi connectivity index (χ4n) is 1.77.